The van der Waals surface area contributed by atoms with Crippen molar-refractivity contribution >= 4 is 11.9 Å². The average Bonchev–Trinajstić information content (AvgIpc) is 2.46. The van der Waals surface area contributed by atoms with E-state index < -0.39 is 0 Å². The molecular formula is C13H23N5O2. The number of hydrogen-bond acceptors (Lipinski definition) is 7. The van der Waals surface area contributed by atoms with Gasteiger partial charge in [0.25, 0.3) is 0 Å². The molecule has 7 nitrogen and oxygen atoms in total. The molecule has 20 heavy (non-hydrogen) atoms. The van der Waals surface area contributed by atoms with Gasteiger partial charge in [0.15, 0.2) is 0 Å². The number of aromatic nitrogens is 3. The Morgan fingerprint density at radius 1 is 1.25 bits per heavy atom. The molecule has 0 bridgehead atoms. The summed E-state index contributed by atoms with van der Waals surface area (Å²) in [7, 11) is 0. The van der Waals surface area contributed by atoms with Crippen molar-refractivity contribution in [2.45, 2.75) is 39.2 Å². The van der Waals surface area contributed by atoms with Crippen LogP contribution in [0.3, 0.4) is 0 Å². The summed E-state index contributed by atoms with van der Waals surface area (Å²) in [6.45, 7) is 6.88. The fraction of sp³-hybridized carbons (Fsp3) is 0.769. The van der Waals surface area contributed by atoms with E-state index in [2.05, 4.69) is 25.2 Å². The Balaban J connectivity index is 2.15. The molecule has 1 saturated heterocycles. The highest BCUT2D eigenvalue weighted by atomic mass is 16.5. The summed E-state index contributed by atoms with van der Waals surface area (Å²) < 4.78 is 5.52. The minimum Gasteiger partial charge on any atom is -0.463 e. The molecular weight excluding hydrogens is 258 g/mol. The van der Waals surface area contributed by atoms with E-state index in [9.17, 15) is 5.11 Å². The highest BCUT2D eigenvalue weighted by molar-refractivity contribution is 5.38. The van der Waals surface area contributed by atoms with Crippen LogP contribution in [0.1, 0.15) is 33.1 Å². The summed E-state index contributed by atoms with van der Waals surface area (Å²) in [6.07, 6.45) is 2.19. The Bertz CT molecular complexity index is 421. The number of nitrogens with one attached hydrogen (secondary N) is 1. The first-order valence-electron chi connectivity index (χ1n) is 7.28. The number of nitrogens with zero attached hydrogens (tertiary/aromatic N) is 4. The zero-order chi connectivity index (χ0) is 14.4. The van der Waals surface area contributed by atoms with Crippen molar-refractivity contribution in [1.82, 2.24) is 15.0 Å². The lowest BCUT2D eigenvalue weighted by Gasteiger charge is -2.29. The van der Waals surface area contributed by atoms with Gasteiger partial charge in [0.05, 0.1) is 12.7 Å². The first-order chi connectivity index (χ1) is 9.72. The van der Waals surface area contributed by atoms with Gasteiger partial charge in [-0.25, -0.2) is 0 Å². The molecule has 1 aromatic rings. The number of aliphatic hydroxyl groups excluding tert-OH is 1. The van der Waals surface area contributed by atoms with Gasteiger partial charge in [-0.3, -0.25) is 0 Å². The van der Waals surface area contributed by atoms with E-state index >= 15 is 0 Å². The van der Waals surface area contributed by atoms with Gasteiger partial charge < -0.3 is 20.1 Å². The molecule has 0 unspecified atom stereocenters. The number of rotatable bonds is 6. The monoisotopic (exact) mass is 281 g/mol. The van der Waals surface area contributed by atoms with E-state index in [-0.39, 0.29) is 6.10 Å². The molecule has 1 aromatic heterocycles. The Hall–Kier alpha value is -1.63. The van der Waals surface area contributed by atoms with Crippen LogP contribution in [0.15, 0.2) is 0 Å². The van der Waals surface area contributed by atoms with Gasteiger partial charge in [-0.2, -0.15) is 15.0 Å². The molecule has 0 atom stereocenters. The summed E-state index contributed by atoms with van der Waals surface area (Å²) >= 11 is 0. The second-order valence-electron chi connectivity index (χ2n) is 4.84. The maximum absolute atomic E-state index is 9.57. The van der Waals surface area contributed by atoms with Crippen LogP contribution in [-0.2, 0) is 0 Å². The Morgan fingerprint density at radius 2 is 2.00 bits per heavy atom. The topological polar surface area (TPSA) is 83.4 Å². The first-order valence-corrected chi connectivity index (χ1v) is 7.28. The van der Waals surface area contributed by atoms with Crippen molar-refractivity contribution in [3.05, 3.63) is 0 Å². The predicted molar refractivity (Wildman–Crippen MR) is 77.2 cm³/mol. The molecule has 0 aliphatic carbocycles. The first kappa shape index (κ1) is 14.8. The van der Waals surface area contributed by atoms with E-state index in [0.29, 0.717) is 24.5 Å². The molecule has 2 heterocycles. The summed E-state index contributed by atoms with van der Waals surface area (Å²) in [4.78, 5) is 15.1. The second-order valence-corrected chi connectivity index (χ2v) is 4.84. The molecule has 0 radical (unpaired) electrons. The van der Waals surface area contributed by atoms with Crippen LogP contribution in [0.5, 0.6) is 6.01 Å². The van der Waals surface area contributed by atoms with Crippen LogP contribution in [0, 0.1) is 0 Å². The quantitative estimate of drug-likeness (QED) is 0.806. The lowest BCUT2D eigenvalue weighted by molar-refractivity contribution is 0.145. The van der Waals surface area contributed by atoms with Crippen molar-refractivity contribution in [3.63, 3.8) is 0 Å². The second kappa shape index (κ2) is 7.23. The normalized spacial score (nSPS) is 16.2. The van der Waals surface area contributed by atoms with Crippen LogP contribution in [-0.4, -0.2) is 52.4 Å². The summed E-state index contributed by atoms with van der Waals surface area (Å²) in [5, 5.41) is 12.7. The van der Waals surface area contributed by atoms with Crippen molar-refractivity contribution in [2.24, 2.45) is 0 Å². The van der Waals surface area contributed by atoms with Gasteiger partial charge in [-0.15, -0.1) is 0 Å². The Labute approximate surface area is 119 Å². The van der Waals surface area contributed by atoms with Gasteiger partial charge in [0.1, 0.15) is 0 Å². The Kier molecular flexibility index (Phi) is 5.34. The molecule has 0 amide bonds. The number of ether oxygens (including phenoxy) is 1. The minimum absolute atomic E-state index is 0.211. The summed E-state index contributed by atoms with van der Waals surface area (Å²) in [5.41, 5.74) is 0. The fourth-order valence-corrected chi connectivity index (χ4v) is 2.05. The third kappa shape index (κ3) is 3.93. The maximum atomic E-state index is 9.57. The number of aliphatic hydroxyl groups is 1. The van der Waals surface area contributed by atoms with E-state index in [1.54, 1.807) is 0 Å². The molecule has 0 saturated carbocycles. The number of piperidine rings is 1. The predicted octanol–water partition coefficient (Wildman–Crippen LogP) is 1.05. The fourth-order valence-electron chi connectivity index (χ4n) is 2.05. The van der Waals surface area contributed by atoms with Gasteiger partial charge in [-0.1, -0.05) is 6.92 Å². The molecule has 7 heteroatoms. The average molecular weight is 281 g/mol. The SMILES string of the molecule is CCCOc1nc(NCC)nc(N2CCC(O)CC2)n1. The van der Waals surface area contributed by atoms with Crippen LogP contribution in [0.25, 0.3) is 0 Å². The molecule has 0 aromatic carbocycles. The lowest BCUT2D eigenvalue weighted by atomic mass is 10.1. The van der Waals surface area contributed by atoms with Crippen LogP contribution >= 0.6 is 0 Å². The third-order valence-electron chi connectivity index (χ3n) is 3.12. The largest absolute Gasteiger partial charge is 0.463 e. The molecule has 2 N–H and O–H groups in total. The number of anilines is 2. The van der Waals surface area contributed by atoms with Gasteiger partial charge in [0.2, 0.25) is 11.9 Å². The minimum atomic E-state index is -0.211. The van der Waals surface area contributed by atoms with E-state index in [0.717, 1.165) is 38.9 Å². The van der Waals surface area contributed by atoms with Crippen molar-refractivity contribution in [2.75, 3.05) is 36.5 Å². The van der Waals surface area contributed by atoms with Crippen LogP contribution < -0.4 is 15.0 Å². The number of hydrogen-bond donors (Lipinski definition) is 2. The highest BCUT2D eigenvalue weighted by Gasteiger charge is 2.20. The maximum Gasteiger partial charge on any atom is 0.323 e. The third-order valence-corrected chi connectivity index (χ3v) is 3.12. The van der Waals surface area contributed by atoms with Crippen molar-refractivity contribution in [1.29, 1.82) is 0 Å². The zero-order valence-electron chi connectivity index (χ0n) is 12.2. The Morgan fingerprint density at radius 3 is 2.65 bits per heavy atom. The van der Waals surface area contributed by atoms with Gasteiger partial charge in [-0.05, 0) is 26.2 Å². The molecule has 1 aliphatic heterocycles. The lowest BCUT2D eigenvalue weighted by Crippen LogP contribution is -2.37. The smallest absolute Gasteiger partial charge is 0.323 e. The molecule has 1 aliphatic rings. The van der Waals surface area contributed by atoms with Crippen LogP contribution in [0.2, 0.25) is 0 Å². The summed E-state index contributed by atoms with van der Waals surface area (Å²) in [5.74, 6) is 1.16. The summed E-state index contributed by atoms with van der Waals surface area (Å²) in [6, 6.07) is 0.360. The van der Waals surface area contributed by atoms with E-state index in [1.165, 1.54) is 0 Å². The molecule has 2 rings (SSSR count). The zero-order valence-corrected chi connectivity index (χ0v) is 12.2. The molecule has 112 valence electrons. The van der Waals surface area contributed by atoms with E-state index in [4.69, 9.17) is 4.74 Å². The van der Waals surface area contributed by atoms with Crippen LogP contribution in [0.4, 0.5) is 11.9 Å². The highest BCUT2D eigenvalue weighted by Crippen LogP contribution is 2.19. The van der Waals surface area contributed by atoms with Crippen molar-refractivity contribution < 1.29 is 9.84 Å². The molecule has 1 fully saturated rings. The molecule has 0 spiro atoms. The van der Waals surface area contributed by atoms with E-state index in [1.807, 2.05) is 13.8 Å². The van der Waals surface area contributed by atoms with Crippen molar-refractivity contribution in [3.8, 4) is 6.01 Å². The standard InChI is InChI=1S/C13H23N5O2/c1-3-9-20-13-16-11(14-4-2)15-12(17-13)18-7-5-10(19)6-8-18/h10,19H,3-9H2,1-2H3,(H,14,15,16,17). The van der Waals surface area contributed by atoms with Gasteiger partial charge in [0, 0.05) is 19.6 Å². The van der Waals surface area contributed by atoms with Gasteiger partial charge >= 0.3 is 6.01 Å².